The summed E-state index contributed by atoms with van der Waals surface area (Å²) in [6, 6.07) is 9.82. The zero-order chi connectivity index (χ0) is 20.2. The van der Waals surface area contributed by atoms with E-state index >= 15 is 0 Å². The normalized spacial score (nSPS) is 43.0. The van der Waals surface area contributed by atoms with Crippen LogP contribution in [0.5, 0.6) is 0 Å². The molecule has 1 N–H and O–H groups in total. The maximum atomic E-state index is 13.2. The molecule has 0 unspecified atom stereocenters. The summed E-state index contributed by atoms with van der Waals surface area (Å²) in [6.45, 7) is 4.65. The van der Waals surface area contributed by atoms with Crippen molar-refractivity contribution in [2.75, 3.05) is 5.32 Å². The molecule has 29 heavy (non-hydrogen) atoms. The third-order valence-electron chi connectivity index (χ3n) is 8.89. The van der Waals surface area contributed by atoms with Crippen LogP contribution in [-0.2, 0) is 14.3 Å². The van der Waals surface area contributed by atoms with Crippen LogP contribution in [0.3, 0.4) is 0 Å². The van der Waals surface area contributed by atoms with Gasteiger partial charge in [-0.1, -0.05) is 38.1 Å². The van der Waals surface area contributed by atoms with E-state index in [9.17, 15) is 9.59 Å². The number of benzene rings is 1. The number of ether oxygens (including phenoxy) is 1. The predicted octanol–water partition coefficient (Wildman–Crippen LogP) is 4.97. The number of hydrogen-bond donors (Lipinski definition) is 1. The molecule has 4 heteroatoms. The fourth-order valence-corrected chi connectivity index (χ4v) is 7.38. The fraction of sp³-hybridized carbons (Fsp3) is 0.600. The summed E-state index contributed by atoms with van der Waals surface area (Å²) in [5, 5.41) is 3.16. The van der Waals surface area contributed by atoms with Crippen LogP contribution in [0.15, 0.2) is 42.5 Å². The van der Waals surface area contributed by atoms with E-state index in [0.29, 0.717) is 17.8 Å². The number of hydrogen-bond acceptors (Lipinski definition) is 3. The largest absolute Gasteiger partial charge is 0.458 e. The zero-order valence-electron chi connectivity index (χ0n) is 17.4. The van der Waals surface area contributed by atoms with E-state index in [2.05, 4.69) is 25.2 Å². The molecule has 3 fully saturated rings. The lowest BCUT2D eigenvalue weighted by molar-refractivity contribution is -0.167. The molecule has 5 rings (SSSR count). The van der Waals surface area contributed by atoms with Crippen molar-refractivity contribution in [2.45, 2.75) is 58.5 Å². The highest BCUT2D eigenvalue weighted by molar-refractivity contribution is 5.93. The number of rotatable bonds is 2. The quantitative estimate of drug-likeness (QED) is 0.722. The molecule has 3 saturated carbocycles. The highest BCUT2D eigenvalue weighted by Crippen LogP contribution is 2.65. The van der Waals surface area contributed by atoms with Crippen molar-refractivity contribution in [2.24, 2.45) is 34.5 Å². The summed E-state index contributed by atoms with van der Waals surface area (Å²) in [7, 11) is 0. The minimum absolute atomic E-state index is 0.0178. The molecule has 1 aliphatic heterocycles. The van der Waals surface area contributed by atoms with Gasteiger partial charge in [-0.2, -0.15) is 0 Å². The van der Waals surface area contributed by atoms with E-state index in [0.717, 1.165) is 44.2 Å². The first-order chi connectivity index (χ1) is 13.9. The van der Waals surface area contributed by atoms with E-state index in [-0.39, 0.29) is 34.7 Å². The summed E-state index contributed by atoms with van der Waals surface area (Å²) < 4.78 is 5.71. The van der Waals surface area contributed by atoms with E-state index < -0.39 is 0 Å². The molecule has 0 saturated heterocycles. The molecule has 154 valence electrons. The first kappa shape index (κ1) is 18.9. The van der Waals surface area contributed by atoms with Crippen molar-refractivity contribution in [1.29, 1.82) is 0 Å². The third-order valence-corrected chi connectivity index (χ3v) is 8.89. The lowest BCUT2D eigenvalue weighted by atomic mass is 9.48. The topological polar surface area (TPSA) is 55.4 Å². The smallest absolute Gasteiger partial charge is 0.330 e. The summed E-state index contributed by atoms with van der Waals surface area (Å²) in [5.41, 5.74) is 0.904. The van der Waals surface area contributed by atoms with Gasteiger partial charge < -0.3 is 10.1 Å². The molecule has 0 spiro atoms. The van der Waals surface area contributed by atoms with Gasteiger partial charge in [0.05, 0.1) is 0 Å². The number of anilines is 1. The highest BCUT2D eigenvalue weighted by atomic mass is 16.5. The van der Waals surface area contributed by atoms with Gasteiger partial charge in [-0.15, -0.1) is 0 Å². The van der Waals surface area contributed by atoms with Crippen molar-refractivity contribution in [3.63, 3.8) is 0 Å². The van der Waals surface area contributed by atoms with Gasteiger partial charge in [0.15, 0.2) is 0 Å². The SMILES string of the molecule is C[C@]12C=CC(=O)O[C@@H]1CC[C@@H]1[C@@H]2CC[C@]2(C)[C@@H](C(=O)Nc3ccccc3)CC[C@@H]12. The summed E-state index contributed by atoms with van der Waals surface area (Å²) in [4.78, 5) is 25.0. The minimum atomic E-state index is -0.190. The van der Waals surface area contributed by atoms with Crippen LogP contribution in [0, 0.1) is 34.5 Å². The molecule has 3 aliphatic carbocycles. The Morgan fingerprint density at radius 1 is 1.03 bits per heavy atom. The second kappa shape index (κ2) is 6.72. The maximum Gasteiger partial charge on any atom is 0.330 e. The number of carbonyl (C=O) groups is 2. The van der Waals surface area contributed by atoms with Gasteiger partial charge in [0.2, 0.25) is 5.91 Å². The molecule has 4 aliphatic rings. The molecular weight excluding hydrogens is 362 g/mol. The van der Waals surface area contributed by atoms with E-state index in [1.54, 1.807) is 6.08 Å². The molecule has 0 aromatic heterocycles. The monoisotopic (exact) mass is 393 g/mol. The number of fused-ring (bicyclic) bond motifs is 5. The lowest BCUT2D eigenvalue weighted by Crippen LogP contribution is -2.55. The van der Waals surface area contributed by atoms with Gasteiger partial charge in [-0.3, -0.25) is 4.79 Å². The molecule has 0 radical (unpaired) electrons. The Labute approximate surface area is 173 Å². The summed E-state index contributed by atoms with van der Waals surface area (Å²) in [5.74, 6) is 1.82. The van der Waals surface area contributed by atoms with Crippen LogP contribution in [0.4, 0.5) is 5.69 Å². The van der Waals surface area contributed by atoms with Crippen LogP contribution in [-0.4, -0.2) is 18.0 Å². The van der Waals surface area contributed by atoms with Gasteiger partial charge in [0, 0.05) is 23.1 Å². The molecule has 1 heterocycles. The molecular formula is C25H31NO3. The van der Waals surface area contributed by atoms with E-state index in [1.807, 2.05) is 30.3 Å². The van der Waals surface area contributed by atoms with Gasteiger partial charge in [0.1, 0.15) is 6.10 Å². The minimum Gasteiger partial charge on any atom is -0.458 e. The van der Waals surface area contributed by atoms with Gasteiger partial charge in [0.25, 0.3) is 0 Å². The van der Waals surface area contributed by atoms with E-state index in [1.165, 1.54) is 0 Å². The Kier molecular flexibility index (Phi) is 4.38. The average molecular weight is 394 g/mol. The number of nitrogens with one attached hydrogen (secondary N) is 1. The predicted molar refractivity (Wildman–Crippen MR) is 112 cm³/mol. The number of esters is 1. The van der Waals surface area contributed by atoms with E-state index in [4.69, 9.17) is 4.74 Å². The van der Waals surface area contributed by atoms with Crippen LogP contribution < -0.4 is 5.32 Å². The Bertz CT molecular complexity index is 849. The van der Waals surface area contributed by atoms with Crippen LogP contribution in [0.25, 0.3) is 0 Å². The number of para-hydroxylation sites is 1. The first-order valence-corrected chi connectivity index (χ1v) is 11.2. The number of amides is 1. The van der Waals surface area contributed by atoms with Gasteiger partial charge in [-0.25, -0.2) is 4.79 Å². The van der Waals surface area contributed by atoms with Crippen molar-refractivity contribution in [3.05, 3.63) is 42.5 Å². The Morgan fingerprint density at radius 2 is 1.83 bits per heavy atom. The second-order valence-electron chi connectivity index (χ2n) is 10.1. The molecule has 1 aromatic carbocycles. The van der Waals surface area contributed by atoms with Crippen molar-refractivity contribution < 1.29 is 14.3 Å². The standard InChI is InChI=1S/C25H31NO3/c1-24-14-12-19-17(8-11-21-25(19,2)15-13-22(27)29-21)18(24)9-10-20(24)23(28)26-16-6-4-3-5-7-16/h3-7,13,15,17-21H,8-12,14H2,1-2H3,(H,26,28)/t17-,18-,19-,20+,21+,24-,25+/m0/s1. The summed E-state index contributed by atoms with van der Waals surface area (Å²) in [6.07, 6.45) is 10.2. The third kappa shape index (κ3) is 2.86. The number of carbonyl (C=O) groups excluding carboxylic acids is 2. The van der Waals surface area contributed by atoms with Crippen LogP contribution in [0.1, 0.15) is 52.4 Å². The molecule has 7 atom stereocenters. The fourth-order valence-electron chi connectivity index (χ4n) is 7.38. The Balaban J connectivity index is 1.38. The summed E-state index contributed by atoms with van der Waals surface area (Å²) >= 11 is 0. The Morgan fingerprint density at radius 3 is 2.62 bits per heavy atom. The molecule has 4 nitrogen and oxygen atoms in total. The van der Waals surface area contributed by atoms with Crippen molar-refractivity contribution >= 4 is 17.6 Å². The molecule has 1 aromatic rings. The van der Waals surface area contributed by atoms with Crippen LogP contribution in [0.2, 0.25) is 0 Å². The molecule has 1 amide bonds. The van der Waals surface area contributed by atoms with Gasteiger partial charge >= 0.3 is 5.97 Å². The van der Waals surface area contributed by atoms with Crippen LogP contribution >= 0.6 is 0 Å². The van der Waals surface area contributed by atoms with Gasteiger partial charge in [-0.05, 0) is 73.8 Å². The second-order valence-corrected chi connectivity index (χ2v) is 10.1. The Hall–Kier alpha value is -2.10. The van der Waals surface area contributed by atoms with Crippen molar-refractivity contribution in [3.8, 4) is 0 Å². The highest BCUT2D eigenvalue weighted by Gasteiger charge is 2.61. The maximum absolute atomic E-state index is 13.2. The average Bonchev–Trinajstić information content (AvgIpc) is 3.06. The van der Waals surface area contributed by atoms with Crippen molar-refractivity contribution in [1.82, 2.24) is 0 Å². The zero-order valence-corrected chi connectivity index (χ0v) is 17.4. The lowest BCUT2D eigenvalue weighted by Gasteiger charge is -2.58. The molecule has 0 bridgehead atoms. The first-order valence-electron chi connectivity index (χ1n) is 11.2.